The maximum atomic E-state index is 12.3. The minimum atomic E-state index is -3.27. The Morgan fingerprint density at radius 2 is 1.62 bits per heavy atom. The first-order chi connectivity index (χ1) is 7.62. The summed E-state index contributed by atoms with van der Waals surface area (Å²) in [6.07, 6.45) is 0. The van der Waals surface area contributed by atoms with E-state index in [-0.39, 0.29) is 12.0 Å². The van der Waals surface area contributed by atoms with E-state index >= 15 is 0 Å². The number of hydrazine groups is 2. The van der Waals surface area contributed by atoms with E-state index in [9.17, 15) is 4.57 Å². The molecule has 0 saturated carbocycles. The van der Waals surface area contributed by atoms with Gasteiger partial charge in [0, 0.05) is 5.30 Å². The highest BCUT2D eigenvalue weighted by Crippen LogP contribution is 2.51. The van der Waals surface area contributed by atoms with Crippen LogP contribution < -0.4 is 16.2 Å². The minimum absolute atomic E-state index is 0.0629. The standard InChI is InChI=1S/C8H11Cl3N3OP/c9-6-12-14(13-7-10)16(11,15)8-4-2-1-3-5-8/h1-5,12-13H,6-7H2. The number of nitrogens with one attached hydrogen (secondary N) is 2. The summed E-state index contributed by atoms with van der Waals surface area (Å²) >= 11 is 17.0. The van der Waals surface area contributed by atoms with Crippen LogP contribution in [0.25, 0.3) is 0 Å². The highest BCUT2D eigenvalue weighted by Gasteiger charge is 2.29. The molecule has 1 atom stereocenters. The Balaban J connectivity index is 2.93. The van der Waals surface area contributed by atoms with Crippen molar-refractivity contribution < 1.29 is 4.57 Å². The van der Waals surface area contributed by atoms with Gasteiger partial charge in [-0.05, 0) is 23.4 Å². The number of rotatable bonds is 6. The van der Waals surface area contributed by atoms with Gasteiger partial charge in [-0.15, -0.1) is 28.1 Å². The Morgan fingerprint density at radius 3 is 2.06 bits per heavy atom. The fourth-order valence-electron chi connectivity index (χ4n) is 1.08. The lowest BCUT2D eigenvalue weighted by atomic mass is 10.4. The highest BCUT2D eigenvalue weighted by molar-refractivity contribution is 7.93. The molecule has 2 N–H and O–H groups in total. The molecule has 0 aliphatic carbocycles. The molecule has 1 aromatic rings. The zero-order chi connectivity index (χ0) is 12.0. The van der Waals surface area contributed by atoms with Crippen LogP contribution in [0.15, 0.2) is 30.3 Å². The summed E-state index contributed by atoms with van der Waals surface area (Å²) < 4.78 is 12.3. The molecule has 0 aliphatic heterocycles. The van der Waals surface area contributed by atoms with Crippen LogP contribution in [-0.4, -0.2) is 16.9 Å². The number of hydrogen-bond acceptors (Lipinski definition) is 3. The Hall–Kier alpha value is 0.200. The maximum Gasteiger partial charge on any atom is 0.290 e. The molecule has 90 valence electrons. The highest BCUT2D eigenvalue weighted by atomic mass is 35.7. The van der Waals surface area contributed by atoms with Crippen LogP contribution in [-0.2, 0) is 4.57 Å². The molecule has 0 spiro atoms. The summed E-state index contributed by atoms with van der Waals surface area (Å²) in [7, 11) is 0. The topological polar surface area (TPSA) is 44.4 Å². The van der Waals surface area contributed by atoms with Crippen molar-refractivity contribution in [1.29, 1.82) is 0 Å². The molecule has 16 heavy (non-hydrogen) atoms. The van der Waals surface area contributed by atoms with Gasteiger partial charge in [0.1, 0.15) is 0 Å². The number of alkyl halides is 2. The molecule has 4 nitrogen and oxygen atoms in total. The Bertz CT molecular complexity index is 359. The van der Waals surface area contributed by atoms with E-state index in [0.717, 1.165) is 4.89 Å². The van der Waals surface area contributed by atoms with E-state index in [0.29, 0.717) is 5.30 Å². The normalized spacial score (nSPS) is 15.0. The first-order valence-corrected chi connectivity index (χ1v) is 8.01. The second-order valence-electron chi connectivity index (χ2n) is 2.73. The van der Waals surface area contributed by atoms with Gasteiger partial charge >= 0.3 is 0 Å². The second-order valence-corrected chi connectivity index (χ2v) is 6.56. The summed E-state index contributed by atoms with van der Waals surface area (Å²) in [4.78, 5) is 1.14. The van der Waals surface area contributed by atoms with Crippen molar-refractivity contribution in [2.24, 2.45) is 0 Å². The van der Waals surface area contributed by atoms with Gasteiger partial charge in [-0.2, -0.15) is 0 Å². The lowest BCUT2D eigenvalue weighted by molar-refractivity contribution is 0.274. The predicted molar refractivity (Wildman–Crippen MR) is 69.1 cm³/mol. The molecule has 0 amide bonds. The lowest BCUT2D eigenvalue weighted by Gasteiger charge is -2.26. The van der Waals surface area contributed by atoms with Crippen LogP contribution in [0.3, 0.4) is 0 Å². The first-order valence-electron chi connectivity index (χ1n) is 4.37. The van der Waals surface area contributed by atoms with Crippen molar-refractivity contribution in [3.63, 3.8) is 0 Å². The van der Waals surface area contributed by atoms with Gasteiger partial charge < -0.3 is 0 Å². The average molecular weight is 303 g/mol. The van der Waals surface area contributed by atoms with Crippen molar-refractivity contribution in [2.45, 2.75) is 0 Å². The molecule has 0 aromatic heterocycles. The van der Waals surface area contributed by atoms with Crippen LogP contribution >= 0.6 is 41.1 Å². The van der Waals surface area contributed by atoms with Gasteiger partial charge in [-0.3, -0.25) is 4.57 Å². The Kier molecular flexibility index (Phi) is 6.08. The fraction of sp³-hybridized carbons (Fsp3) is 0.250. The van der Waals surface area contributed by atoms with Crippen LogP contribution in [0.5, 0.6) is 0 Å². The smallest absolute Gasteiger partial charge is 0.281 e. The second kappa shape index (κ2) is 6.82. The Labute approximate surface area is 109 Å². The molecule has 0 heterocycles. The number of benzene rings is 1. The molecular weight excluding hydrogens is 291 g/mol. The fourth-order valence-corrected chi connectivity index (χ4v) is 3.42. The third-order valence-electron chi connectivity index (χ3n) is 1.75. The van der Waals surface area contributed by atoms with E-state index in [1.807, 2.05) is 6.07 Å². The summed E-state index contributed by atoms with van der Waals surface area (Å²) in [6, 6.07) is 8.79. The van der Waals surface area contributed by atoms with Crippen LogP contribution in [0, 0.1) is 0 Å². The van der Waals surface area contributed by atoms with Gasteiger partial charge in [0.15, 0.2) is 0 Å². The third kappa shape index (κ3) is 3.60. The average Bonchev–Trinajstić information content (AvgIpc) is 2.30. The Morgan fingerprint density at radius 1 is 1.12 bits per heavy atom. The minimum Gasteiger partial charge on any atom is -0.281 e. The molecule has 8 heteroatoms. The largest absolute Gasteiger partial charge is 0.290 e. The van der Waals surface area contributed by atoms with Crippen molar-refractivity contribution in [1.82, 2.24) is 15.7 Å². The van der Waals surface area contributed by atoms with Gasteiger partial charge in [-0.1, -0.05) is 18.2 Å². The van der Waals surface area contributed by atoms with Gasteiger partial charge in [0.05, 0.1) is 12.0 Å². The van der Waals surface area contributed by atoms with Crippen molar-refractivity contribution in [3.8, 4) is 0 Å². The van der Waals surface area contributed by atoms with E-state index in [4.69, 9.17) is 34.4 Å². The van der Waals surface area contributed by atoms with Crippen LogP contribution in [0.4, 0.5) is 0 Å². The number of nitrogens with zero attached hydrogens (tertiary/aromatic N) is 1. The van der Waals surface area contributed by atoms with Gasteiger partial charge in [0.25, 0.3) is 6.65 Å². The van der Waals surface area contributed by atoms with Gasteiger partial charge in [0.2, 0.25) is 0 Å². The third-order valence-corrected chi connectivity index (χ3v) is 4.76. The van der Waals surface area contributed by atoms with Crippen molar-refractivity contribution in [3.05, 3.63) is 30.3 Å². The van der Waals surface area contributed by atoms with Gasteiger partial charge in [-0.25, -0.2) is 10.9 Å². The van der Waals surface area contributed by atoms with E-state index < -0.39 is 6.65 Å². The summed E-state index contributed by atoms with van der Waals surface area (Å²) in [5.74, 6) is 0. The molecule has 0 bridgehead atoms. The maximum absolute atomic E-state index is 12.3. The molecule has 0 radical (unpaired) electrons. The molecule has 1 aromatic carbocycles. The van der Waals surface area contributed by atoms with E-state index in [2.05, 4.69) is 10.9 Å². The zero-order valence-electron chi connectivity index (χ0n) is 8.24. The molecule has 1 rings (SSSR count). The number of hydrogen-bond donors (Lipinski definition) is 2. The lowest BCUT2D eigenvalue weighted by Crippen LogP contribution is -2.45. The van der Waals surface area contributed by atoms with E-state index in [1.54, 1.807) is 24.3 Å². The van der Waals surface area contributed by atoms with E-state index in [1.165, 1.54) is 0 Å². The number of halogens is 3. The summed E-state index contributed by atoms with van der Waals surface area (Å²) in [5, 5.41) is 0.493. The quantitative estimate of drug-likeness (QED) is 0.367. The molecular formula is C8H11Cl3N3OP. The SMILES string of the molecule is O=P(Cl)(c1ccccc1)N(NCCl)NCCl. The van der Waals surface area contributed by atoms with Crippen molar-refractivity contribution >= 4 is 46.4 Å². The molecule has 0 aliphatic rings. The van der Waals surface area contributed by atoms with Crippen LogP contribution in [0.2, 0.25) is 0 Å². The van der Waals surface area contributed by atoms with Crippen LogP contribution in [0.1, 0.15) is 0 Å². The molecule has 0 saturated heterocycles. The molecule has 0 fully saturated rings. The summed E-state index contributed by atoms with van der Waals surface area (Å²) in [6.45, 7) is -3.27. The first kappa shape index (κ1) is 14.3. The summed E-state index contributed by atoms with van der Waals surface area (Å²) in [5.41, 5.74) is 5.26. The van der Waals surface area contributed by atoms with Crippen molar-refractivity contribution in [2.75, 3.05) is 12.0 Å². The predicted octanol–water partition coefficient (Wildman–Crippen LogP) is 2.45. The zero-order valence-corrected chi connectivity index (χ0v) is 11.4. The molecule has 1 unspecified atom stereocenters. The monoisotopic (exact) mass is 301 g/mol.